The van der Waals surface area contributed by atoms with Gasteiger partial charge >= 0.3 is 11.8 Å². The summed E-state index contributed by atoms with van der Waals surface area (Å²) in [7, 11) is 0. The first-order valence-corrected chi connectivity index (χ1v) is 11.0. The molecule has 0 radical (unpaired) electrons. The highest BCUT2D eigenvalue weighted by Gasteiger charge is 2.31. The Morgan fingerprint density at radius 3 is 2.68 bits per heavy atom. The minimum atomic E-state index is -0.607. The van der Waals surface area contributed by atoms with E-state index in [0.29, 0.717) is 35.8 Å². The molecule has 28 heavy (non-hydrogen) atoms. The molecule has 0 bridgehead atoms. The van der Waals surface area contributed by atoms with Crippen molar-refractivity contribution in [3.8, 4) is 5.69 Å². The molecule has 1 saturated heterocycles. The fourth-order valence-electron chi connectivity index (χ4n) is 4.07. The van der Waals surface area contributed by atoms with Crippen molar-refractivity contribution < 1.29 is 9.59 Å². The lowest BCUT2D eigenvalue weighted by molar-refractivity contribution is -0.145. The van der Waals surface area contributed by atoms with Gasteiger partial charge in [0.05, 0.1) is 11.4 Å². The van der Waals surface area contributed by atoms with Crippen molar-refractivity contribution in [1.82, 2.24) is 14.7 Å². The number of hydrogen-bond donors (Lipinski definition) is 1. The maximum atomic E-state index is 12.8. The van der Waals surface area contributed by atoms with Gasteiger partial charge in [-0.1, -0.05) is 31.5 Å². The second-order valence-electron chi connectivity index (χ2n) is 7.77. The summed E-state index contributed by atoms with van der Waals surface area (Å²) in [6.07, 6.45) is 1.08. The van der Waals surface area contributed by atoms with Crippen LogP contribution >= 0.6 is 23.4 Å². The summed E-state index contributed by atoms with van der Waals surface area (Å²) in [5.41, 5.74) is 2.68. The molecule has 0 saturated carbocycles. The van der Waals surface area contributed by atoms with Crippen LogP contribution < -0.4 is 5.32 Å². The largest absolute Gasteiger partial charge is 0.334 e. The number of carbonyl (C=O) groups excluding carboxylic acids is 2. The first-order valence-electron chi connectivity index (χ1n) is 9.47. The number of rotatable bonds is 2. The lowest BCUT2D eigenvalue weighted by Crippen LogP contribution is -2.47. The van der Waals surface area contributed by atoms with Crippen LogP contribution in [0.25, 0.3) is 5.69 Å². The molecule has 3 heterocycles. The summed E-state index contributed by atoms with van der Waals surface area (Å²) in [6, 6.07) is 7.31. The summed E-state index contributed by atoms with van der Waals surface area (Å²) in [5.74, 6) is 1.84. The van der Waals surface area contributed by atoms with Crippen LogP contribution in [0.5, 0.6) is 0 Å². The van der Waals surface area contributed by atoms with E-state index >= 15 is 0 Å². The number of halogens is 1. The predicted molar refractivity (Wildman–Crippen MR) is 112 cm³/mol. The highest BCUT2D eigenvalue weighted by Crippen LogP contribution is 2.36. The number of piperidine rings is 1. The van der Waals surface area contributed by atoms with Crippen molar-refractivity contribution in [2.75, 3.05) is 18.4 Å². The highest BCUT2D eigenvalue weighted by molar-refractivity contribution is 7.98. The zero-order valence-corrected chi connectivity index (χ0v) is 17.5. The van der Waals surface area contributed by atoms with Gasteiger partial charge in [-0.2, -0.15) is 16.9 Å². The molecular formula is C20H23ClN4O2S. The number of nitrogens with one attached hydrogen (secondary N) is 1. The maximum Gasteiger partial charge on any atom is 0.315 e. The second kappa shape index (κ2) is 7.79. The van der Waals surface area contributed by atoms with Gasteiger partial charge in [0.15, 0.2) is 0 Å². The van der Waals surface area contributed by atoms with E-state index in [-0.39, 0.29) is 0 Å². The molecule has 0 spiro atoms. The third-order valence-electron chi connectivity index (χ3n) is 5.19. The molecule has 6 nitrogen and oxygen atoms in total. The molecule has 2 aromatic rings. The Kier molecular flexibility index (Phi) is 5.38. The van der Waals surface area contributed by atoms with Crippen LogP contribution in [0.1, 0.15) is 31.5 Å². The molecule has 2 aliphatic rings. The normalized spacial score (nSPS) is 21.5. The monoisotopic (exact) mass is 418 g/mol. The van der Waals surface area contributed by atoms with Crippen LogP contribution in [0.2, 0.25) is 5.02 Å². The van der Waals surface area contributed by atoms with Crippen molar-refractivity contribution in [3.05, 3.63) is 40.5 Å². The van der Waals surface area contributed by atoms with E-state index in [4.69, 9.17) is 11.6 Å². The van der Waals surface area contributed by atoms with Crippen LogP contribution in [0, 0.1) is 11.8 Å². The Morgan fingerprint density at radius 1 is 1.21 bits per heavy atom. The van der Waals surface area contributed by atoms with Crippen molar-refractivity contribution in [1.29, 1.82) is 0 Å². The zero-order valence-electron chi connectivity index (χ0n) is 15.9. The molecule has 2 amide bonds. The smallest absolute Gasteiger partial charge is 0.315 e. The van der Waals surface area contributed by atoms with E-state index in [9.17, 15) is 9.59 Å². The Morgan fingerprint density at radius 2 is 1.96 bits per heavy atom. The molecule has 1 aromatic heterocycles. The van der Waals surface area contributed by atoms with Gasteiger partial charge in [0.25, 0.3) is 0 Å². The van der Waals surface area contributed by atoms with E-state index < -0.39 is 11.8 Å². The van der Waals surface area contributed by atoms with Gasteiger partial charge in [0, 0.05) is 35.2 Å². The minimum Gasteiger partial charge on any atom is -0.334 e. The summed E-state index contributed by atoms with van der Waals surface area (Å²) in [4.78, 5) is 27.2. The highest BCUT2D eigenvalue weighted by atomic mass is 35.5. The summed E-state index contributed by atoms with van der Waals surface area (Å²) in [6.45, 7) is 5.48. The lowest BCUT2D eigenvalue weighted by atomic mass is 9.92. The Bertz CT molecular complexity index is 919. The standard InChI is InChI=1S/C20H23ClN4O2S/c1-12-6-13(2)9-24(8-12)20(27)19(26)22-18-16-10-28-11-17(16)23-25(18)15-5-3-4-14(21)7-15/h3-5,7,12-13H,6,8-11H2,1-2H3,(H,22,26)/t12-,13+. The van der Waals surface area contributed by atoms with E-state index in [1.54, 1.807) is 33.5 Å². The first-order chi connectivity index (χ1) is 13.4. The van der Waals surface area contributed by atoms with Crippen molar-refractivity contribution in [3.63, 3.8) is 0 Å². The second-order valence-corrected chi connectivity index (χ2v) is 9.19. The van der Waals surface area contributed by atoms with Crippen molar-refractivity contribution in [2.45, 2.75) is 31.8 Å². The van der Waals surface area contributed by atoms with Gasteiger partial charge in [-0.3, -0.25) is 9.59 Å². The van der Waals surface area contributed by atoms with E-state index in [0.717, 1.165) is 34.9 Å². The molecule has 1 fully saturated rings. The predicted octanol–water partition coefficient (Wildman–Crippen LogP) is 3.72. The van der Waals surface area contributed by atoms with Crippen molar-refractivity contribution in [2.24, 2.45) is 11.8 Å². The zero-order chi connectivity index (χ0) is 19.8. The Hall–Kier alpha value is -1.99. The number of amides is 2. The van der Waals surface area contributed by atoms with Crippen LogP contribution in [-0.2, 0) is 21.1 Å². The number of thioether (sulfide) groups is 1. The van der Waals surface area contributed by atoms with E-state index in [2.05, 4.69) is 24.3 Å². The number of fused-ring (bicyclic) bond motifs is 1. The number of hydrogen-bond acceptors (Lipinski definition) is 4. The molecule has 2 aliphatic heterocycles. The van der Waals surface area contributed by atoms with Gasteiger partial charge in [0.1, 0.15) is 5.82 Å². The third-order valence-corrected chi connectivity index (χ3v) is 6.39. The van der Waals surface area contributed by atoms with Crippen molar-refractivity contribution >= 4 is 41.0 Å². The first kappa shape index (κ1) is 19.3. The summed E-state index contributed by atoms with van der Waals surface area (Å²) >= 11 is 7.88. The topological polar surface area (TPSA) is 67.2 Å². The van der Waals surface area contributed by atoms with Gasteiger partial charge in [0.2, 0.25) is 0 Å². The number of benzene rings is 1. The van der Waals surface area contributed by atoms with Gasteiger partial charge < -0.3 is 10.2 Å². The fraction of sp³-hybridized carbons (Fsp3) is 0.450. The minimum absolute atomic E-state index is 0.401. The third kappa shape index (κ3) is 3.78. The molecular weight excluding hydrogens is 396 g/mol. The number of likely N-dealkylation sites (tertiary alicyclic amines) is 1. The molecule has 1 N–H and O–H groups in total. The average molecular weight is 419 g/mol. The summed E-state index contributed by atoms with van der Waals surface area (Å²) < 4.78 is 1.68. The average Bonchev–Trinajstić information content (AvgIpc) is 3.23. The Balaban J connectivity index is 1.61. The van der Waals surface area contributed by atoms with E-state index in [1.807, 2.05) is 12.1 Å². The number of carbonyl (C=O) groups is 2. The van der Waals surface area contributed by atoms with Gasteiger partial charge in [-0.15, -0.1) is 0 Å². The number of anilines is 1. The molecule has 1 aromatic carbocycles. The van der Waals surface area contributed by atoms with Gasteiger partial charge in [-0.25, -0.2) is 4.68 Å². The van der Waals surface area contributed by atoms with Crippen LogP contribution in [-0.4, -0.2) is 39.6 Å². The fourth-order valence-corrected chi connectivity index (χ4v) is 5.29. The Labute approximate surface area is 173 Å². The molecule has 148 valence electrons. The summed E-state index contributed by atoms with van der Waals surface area (Å²) in [5, 5.41) is 8.09. The molecule has 2 atom stereocenters. The van der Waals surface area contributed by atoms with E-state index in [1.165, 1.54) is 0 Å². The SMILES string of the molecule is C[C@@H]1C[C@H](C)CN(C(=O)C(=O)Nc2c3c(nn2-c2cccc(Cl)c2)CSC3)C1. The quantitative estimate of drug-likeness (QED) is 0.755. The van der Waals surface area contributed by atoms with Gasteiger partial charge in [-0.05, 0) is 36.5 Å². The van der Waals surface area contributed by atoms with Crippen LogP contribution in [0.15, 0.2) is 24.3 Å². The lowest BCUT2D eigenvalue weighted by Gasteiger charge is -2.34. The number of aromatic nitrogens is 2. The molecule has 4 rings (SSSR count). The number of nitrogens with zero attached hydrogens (tertiary/aromatic N) is 3. The molecule has 0 unspecified atom stereocenters. The molecule has 8 heteroatoms. The van der Waals surface area contributed by atoms with Crippen LogP contribution in [0.4, 0.5) is 5.82 Å². The molecule has 0 aliphatic carbocycles. The maximum absolute atomic E-state index is 12.8. The van der Waals surface area contributed by atoms with Crippen LogP contribution in [0.3, 0.4) is 0 Å².